The number of carbonyl (C=O) groups excluding carboxylic acids is 1. The van der Waals surface area contributed by atoms with Crippen molar-refractivity contribution >= 4 is 5.91 Å². The van der Waals surface area contributed by atoms with Crippen LogP contribution in [0.2, 0.25) is 0 Å². The van der Waals surface area contributed by atoms with Crippen LogP contribution in [-0.2, 0) is 14.3 Å². The van der Waals surface area contributed by atoms with E-state index in [9.17, 15) is 13.6 Å². The second-order valence-corrected chi connectivity index (χ2v) is 6.97. The van der Waals surface area contributed by atoms with Crippen molar-refractivity contribution < 1.29 is 23.0 Å². The molecule has 1 spiro atoms. The number of alkyl halides is 2. The molecular weight excluding hydrogens is 292 g/mol. The van der Waals surface area contributed by atoms with Gasteiger partial charge in [0.2, 0.25) is 11.8 Å². The number of halogens is 2. The zero-order chi connectivity index (χ0) is 15.8. The molecule has 1 amide bonds. The van der Waals surface area contributed by atoms with Gasteiger partial charge < -0.3 is 14.4 Å². The molecule has 3 aliphatic rings. The molecule has 1 atom stereocenters. The average molecular weight is 317 g/mol. The summed E-state index contributed by atoms with van der Waals surface area (Å²) >= 11 is 0. The Kier molecular flexibility index (Phi) is 4.42. The number of hydrogen-bond acceptors (Lipinski definition) is 3. The Hall–Kier alpha value is -0.750. The van der Waals surface area contributed by atoms with Gasteiger partial charge in [0.1, 0.15) is 0 Å². The minimum absolute atomic E-state index is 0.0905. The minimum Gasteiger partial charge on any atom is -0.385 e. The second-order valence-electron chi connectivity index (χ2n) is 6.97. The predicted molar refractivity (Wildman–Crippen MR) is 76.8 cm³/mol. The van der Waals surface area contributed by atoms with Crippen molar-refractivity contribution in [3.8, 4) is 0 Å². The van der Waals surface area contributed by atoms with Gasteiger partial charge in [0.15, 0.2) is 0 Å². The highest BCUT2D eigenvalue weighted by Gasteiger charge is 2.51. The second kappa shape index (κ2) is 6.04. The fourth-order valence-corrected chi connectivity index (χ4v) is 4.21. The number of ether oxygens (including phenoxy) is 2. The zero-order valence-electron chi connectivity index (χ0n) is 13.2. The van der Waals surface area contributed by atoms with E-state index in [1.54, 1.807) is 12.0 Å². The first-order valence-electron chi connectivity index (χ1n) is 8.25. The van der Waals surface area contributed by atoms with E-state index in [0.717, 1.165) is 38.9 Å². The van der Waals surface area contributed by atoms with Gasteiger partial charge in [0.05, 0.1) is 5.60 Å². The molecule has 0 aromatic carbocycles. The Morgan fingerprint density at radius 1 is 1.32 bits per heavy atom. The fourth-order valence-electron chi connectivity index (χ4n) is 4.21. The quantitative estimate of drug-likeness (QED) is 0.799. The third-order valence-corrected chi connectivity index (χ3v) is 5.63. The summed E-state index contributed by atoms with van der Waals surface area (Å²) in [5.41, 5.74) is -0.126. The average Bonchev–Trinajstić information content (AvgIpc) is 2.85. The molecule has 0 bridgehead atoms. The predicted octanol–water partition coefficient (Wildman–Crippen LogP) is 2.47. The molecule has 6 heteroatoms. The van der Waals surface area contributed by atoms with Crippen LogP contribution in [0.25, 0.3) is 0 Å². The number of carbonyl (C=O) groups is 1. The summed E-state index contributed by atoms with van der Waals surface area (Å²) in [5, 5.41) is 0. The van der Waals surface area contributed by atoms with Gasteiger partial charge in [-0.2, -0.15) is 0 Å². The first-order valence-corrected chi connectivity index (χ1v) is 8.25. The van der Waals surface area contributed by atoms with Crippen LogP contribution < -0.4 is 0 Å². The van der Waals surface area contributed by atoms with Gasteiger partial charge in [0.25, 0.3) is 0 Å². The van der Waals surface area contributed by atoms with Crippen LogP contribution >= 0.6 is 0 Å². The van der Waals surface area contributed by atoms with Crippen molar-refractivity contribution in [2.75, 3.05) is 33.4 Å². The topological polar surface area (TPSA) is 38.8 Å². The molecule has 2 saturated heterocycles. The van der Waals surface area contributed by atoms with E-state index in [-0.39, 0.29) is 24.3 Å². The fraction of sp³-hybridized carbons (Fsp3) is 0.938. The SMILES string of the molecule is COCC[C@@H]1CCOC12CCN(C(=O)C1CC(F)(F)C1)CC2. The minimum atomic E-state index is -2.63. The van der Waals surface area contributed by atoms with Crippen molar-refractivity contribution in [3.63, 3.8) is 0 Å². The normalized spacial score (nSPS) is 30.5. The third kappa shape index (κ3) is 3.00. The maximum atomic E-state index is 12.9. The number of rotatable bonds is 4. The van der Waals surface area contributed by atoms with E-state index in [0.29, 0.717) is 19.0 Å². The molecule has 4 nitrogen and oxygen atoms in total. The number of nitrogens with zero attached hydrogens (tertiary/aromatic N) is 1. The van der Waals surface area contributed by atoms with E-state index >= 15 is 0 Å². The van der Waals surface area contributed by atoms with Crippen molar-refractivity contribution in [1.29, 1.82) is 0 Å². The highest BCUT2D eigenvalue weighted by atomic mass is 19.3. The zero-order valence-corrected chi connectivity index (χ0v) is 13.2. The Bertz CT molecular complexity index is 414. The maximum Gasteiger partial charge on any atom is 0.249 e. The highest BCUT2D eigenvalue weighted by molar-refractivity contribution is 5.80. The Balaban J connectivity index is 1.52. The van der Waals surface area contributed by atoms with Crippen LogP contribution in [-0.4, -0.2) is 55.7 Å². The van der Waals surface area contributed by atoms with Gasteiger partial charge in [-0.25, -0.2) is 8.78 Å². The molecule has 3 rings (SSSR count). The van der Waals surface area contributed by atoms with Crippen LogP contribution in [0, 0.1) is 11.8 Å². The molecule has 0 unspecified atom stereocenters. The largest absolute Gasteiger partial charge is 0.385 e. The molecule has 2 aliphatic heterocycles. The number of likely N-dealkylation sites (tertiary alicyclic amines) is 1. The highest BCUT2D eigenvalue weighted by Crippen LogP contribution is 2.45. The first kappa shape index (κ1) is 16.1. The summed E-state index contributed by atoms with van der Waals surface area (Å²) in [5.74, 6) is -2.71. The Labute approximate surface area is 130 Å². The van der Waals surface area contributed by atoms with E-state index in [1.165, 1.54) is 0 Å². The van der Waals surface area contributed by atoms with Crippen LogP contribution in [0.5, 0.6) is 0 Å². The number of methoxy groups -OCH3 is 1. The molecule has 126 valence electrons. The number of hydrogen-bond donors (Lipinski definition) is 0. The number of amides is 1. The molecule has 1 aliphatic carbocycles. The standard InChI is InChI=1S/C16H25F2NO3/c1-21-8-2-13-3-9-22-15(13)4-6-19(7-5-15)14(20)12-10-16(17,18)11-12/h12-13H,2-11H2,1H3/t13-/m1/s1. The van der Waals surface area contributed by atoms with Gasteiger partial charge in [-0.05, 0) is 31.6 Å². The van der Waals surface area contributed by atoms with Crippen LogP contribution in [0.4, 0.5) is 8.78 Å². The van der Waals surface area contributed by atoms with Crippen LogP contribution in [0.15, 0.2) is 0 Å². The Morgan fingerprint density at radius 3 is 2.59 bits per heavy atom. The van der Waals surface area contributed by atoms with Gasteiger partial charge in [0, 0.05) is 52.2 Å². The molecule has 2 heterocycles. The van der Waals surface area contributed by atoms with Gasteiger partial charge in [-0.3, -0.25) is 4.79 Å². The van der Waals surface area contributed by atoms with Gasteiger partial charge in [-0.15, -0.1) is 0 Å². The summed E-state index contributed by atoms with van der Waals surface area (Å²) in [7, 11) is 1.71. The summed E-state index contributed by atoms with van der Waals surface area (Å²) in [4.78, 5) is 14.0. The summed E-state index contributed by atoms with van der Waals surface area (Å²) in [6.45, 7) is 2.77. The Morgan fingerprint density at radius 2 is 2.00 bits per heavy atom. The third-order valence-electron chi connectivity index (χ3n) is 5.63. The van der Waals surface area contributed by atoms with E-state index in [4.69, 9.17) is 9.47 Å². The molecule has 0 aromatic rings. The molecule has 1 saturated carbocycles. The smallest absolute Gasteiger partial charge is 0.249 e. The van der Waals surface area contributed by atoms with Crippen molar-refractivity contribution in [2.24, 2.45) is 11.8 Å². The summed E-state index contributed by atoms with van der Waals surface area (Å²) in [6.07, 6.45) is 3.11. The lowest BCUT2D eigenvalue weighted by atomic mass is 9.76. The summed E-state index contributed by atoms with van der Waals surface area (Å²) < 4.78 is 37.1. The van der Waals surface area contributed by atoms with Crippen molar-refractivity contribution in [1.82, 2.24) is 4.90 Å². The lowest BCUT2D eigenvalue weighted by molar-refractivity contribution is -0.164. The maximum absolute atomic E-state index is 12.9. The number of piperidine rings is 1. The molecule has 0 aromatic heterocycles. The molecule has 0 N–H and O–H groups in total. The summed E-state index contributed by atoms with van der Waals surface area (Å²) in [6, 6.07) is 0. The molecule has 22 heavy (non-hydrogen) atoms. The van der Waals surface area contributed by atoms with E-state index in [1.807, 2.05) is 0 Å². The van der Waals surface area contributed by atoms with E-state index < -0.39 is 11.8 Å². The lowest BCUT2D eigenvalue weighted by Gasteiger charge is -2.44. The van der Waals surface area contributed by atoms with Crippen molar-refractivity contribution in [2.45, 2.75) is 50.0 Å². The van der Waals surface area contributed by atoms with E-state index in [2.05, 4.69) is 0 Å². The van der Waals surface area contributed by atoms with Gasteiger partial charge >= 0.3 is 0 Å². The molecular formula is C16H25F2NO3. The molecule has 0 radical (unpaired) electrons. The first-order chi connectivity index (χ1) is 10.5. The van der Waals surface area contributed by atoms with Crippen molar-refractivity contribution in [3.05, 3.63) is 0 Å². The van der Waals surface area contributed by atoms with Gasteiger partial charge in [-0.1, -0.05) is 0 Å². The monoisotopic (exact) mass is 317 g/mol. The van der Waals surface area contributed by atoms with Crippen LogP contribution in [0.1, 0.15) is 38.5 Å². The lowest BCUT2D eigenvalue weighted by Crippen LogP contribution is -2.53. The van der Waals surface area contributed by atoms with Crippen LogP contribution in [0.3, 0.4) is 0 Å². The molecule has 3 fully saturated rings.